The molecule has 2 heteroatoms. The largest absolute Gasteiger partial charge is 0.295 e. The molecule has 0 aliphatic carbocycles. The molecule has 0 N–H and O–H groups in total. The molecule has 1 aromatic rings. The smallest absolute Gasteiger partial charge is 0.0575 e. The summed E-state index contributed by atoms with van der Waals surface area (Å²) in [5, 5.41) is 0. The maximum Gasteiger partial charge on any atom is 0.0575 e. The molecule has 0 saturated carbocycles. The number of likely N-dealkylation sites (tertiary alicyclic amines) is 1. The van der Waals surface area contributed by atoms with Gasteiger partial charge in [0.05, 0.1) is 11.7 Å². The highest BCUT2D eigenvalue weighted by Gasteiger charge is 2.24. The fraction of sp³-hybridized carbons (Fsp3) is 0.643. The lowest BCUT2D eigenvalue weighted by molar-refractivity contribution is 0.129. The van der Waals surface area contributed by atoms with E-state index in [1.807, 2.05) is 12.3 Å². The van der Waals surface area contributed by atoms with Crippen molar-refractivity contribution in [3.63, 3.8) is 0 Å². The second-order valence-electron chi connectivity index (χ2n) is 5.15. The number of hydrogen-bond donors (Lipinski definition) is 0. The Labute approximate surface area is 98.7 Å². The molecular weight excluding hydrogens is 196 g/mol. The first-order valence-electron chi connectivity index (χ1n) is 6.42. The predicted molar refractivity (Wildman–Crippen MR) is 67.2 cm³/mol. The lowest BCUT2D eigenvalue weighted by Gasteiger charge is -2.36. The Hall–Kier alpha value is -0.890. The molecule has 2 heterocycles. The molecule has 0 spiro atoms. The summed E-state index contributed by atoms with van der Waals surface area (Å²) < 4.78 is 0. The van der Waals surface area contributed by atoms with Crippen molar-refractivity contribution in [2.45, 2.75) is 39.2 Å². The Kier molecular flexibility index (Phi) is 3.94. The van der Waals surface area contributed by atoms with Gasteiger partial charge in [-0.25, -0.2) is 0 Å². The number of rotatable bonds is 3. The average Bonchev–Trinajstić information content (AvgIpc) is 2.30. The minimum Gasteiger partial charge on any atom is -0.295 e. The van der Waals surface area contributed by atoms with Gasteiger partial charge in [0.25, 0.3) is 0 Å². The van der Waals surface area contributed by atoms with Crippen molar-refractivity contribution in [2.75, 3.05) is 13.1 Å². The molecule has 1 aliphatic heterocycles. The van der Waals surface area contributed by atoms with E-state index in [9.17, 15) is 0 Å². The summed E-state index contributed by atoms with van der Waals surface area (Å²) in [7, 11) is 0. The topological polar surface area (TPSA) is 16.1 Å². The summed E-state index contributed by atoms with van der Waals surface area (Å²) in [6.07, 6.45) is 5.87. The summed E-state index contributed by atoms with van der Waals surface area (Å²) in [5.41, 5.74) is 1.25. The van der Waals surface area contributed by atoms with Crippen LogP contribution < -0.4 is 0 Å². The molecule has 1 atom stereocenters. The molecular formula is C14H22N2. The average molecular weight is 218 g/mol. The van der Waals surface area contributed by atoms with E-state index >= 15 is 0 Å². The van der Waals surface area contributed by atoms with Gasteiger partial charge in [0.1, 0.15) is 0 Å². The van der Waals surface area contributed by atoms with E-state index in [1.54, 1.807) is 0 Å². The van der Waals surface area contributed by atoms with Crippen LogP contribution in [0.5, 0.6) is 0 Å². The first-order valence-corrected chi connectivity index (χ1v) is 6.42. The maximum atomic E-state index is 4.52. The maximum absolute atomic E-state index is 4.52. The van der Waals surface area contributed by atoms with E-state index in [4.69, 9.17) is 0 Å². The molecule has 1 fully saturated rings. The van der Waals surface area contributed by atoms with Gasteiger partial charge < -0.3 is 0 Å². The molecule has 88 valence electrons. The third kappa shape index (κ3) is 2.82. The van der Waals surface area contributed by atoms with E-state index in [-0.39, 0.29) is 0 Å². The summed E-state index contributed by atoms with van der Waals surface area (Å²) in [5.74, 6) is 0.740. The fourth-order valence-electron chi connectivity index (χ4n) is 2.59. The molecule has 0 amide bonds. The van der Waals surface area contributed by atoms with Crippen molar-refractivity contribution in [1.29, 1.82) is 0 Å². The van der Waals surface area contributed by atoms with Gasteiger partial charge in [0.2, 0.25) is 0 Å². The SMILES string of the molecule is CC(C)CN1CCCC[C@@H]1c1ccccn1. The van der Waals surface area contributed by atoms with Crippen LogP contribution in [0.25, 0.3) is 0 Å². The second kappa shape index (κ2) is 5.44. The first kappa shape index (κ1) is 11.6. The van der Waals surface area contributed by atoms with Crippen molar-refractivity contribution in [3.8, 4) is 0 Å². The van der Waals surface area contributed by atoms with Crippen LogP contribution in [0.2, 0.25) is 0 Å². The summed E-state index contributed by atoms with van der Waals surface area (Å²) >= 11 is 0. The highest BCUT2D eigenvalue weighted by Crippen LogP contribution is 2.29. The van der Waals surface area contributed by atoms with Crippen LogP contribution in [-0.2, 0) is 0 Å². The minimum atomic E-state index is 0.553. The molecule has 0 aromatic carbocycles. The normalized spacial score (nSPS) is 22.6. The van der Waals surface area contributed by atoms with E-state index in [1.165, 1.54) is 38.0 Å². The van der Waals surface area contributed by atoms with Gasteiger partial charge in [-0.1, -0.05) is 26.3 Å². The van der Waals surface area contributed by atoms with Gasteiger partial charge in [-0.3, -0.25) is 9.88 Å². The molecule has 0 unspecified atom stereocenters. The predicted octanol–water partition coefficient (Wildman–Crippen LogP) is 3.26. The van der Waals surface area contributed by atoms with Gasteiger partial charge in [0, 0.05) is 12.7 Å². The van der Waals surface area contributed by atoms with E-state index < -0.39 is 0 Å². The van der Waals surface area contributed by atoms with Gasteiger partial charge in [0.15, 0.2) is 0 Å². The molecule has 16 heavy (non-hydrogen) atoms. The minimum absolute atomic E-state index is 0.553. The van der Waals surface area contributed by atoms with E-state index in [0.717, 1.165) is 5.92 Å². The Morgan fingerprint density at radius 2 is 2.25 bits per heavy atom. The van der Waals surface area contributed by atoms with Gasteiger partial charge in [-0.2, -0.15) is 0 Å². The van der Waals surface area contributed by atoms with E-state index in [2.05, 4.69) is 35.9 Å². The molecule has 1 saturated heterocycles. The Morgan fingerprint density at radius 1 is 1.38 bits per heavy atom. The molecule has 0 bridgehead atoms. The van der Waals surface area contributed by atoms with Crippen molar-refractivity contribution in [2.24, 2.45) is 5.92 Å². The highest BCUT2D eigenvalue weighted by molar-refractivity contribution is 5.09. The zero-order valence-corrected chi connectivity index (χ0v) is 10.4. The van der Waals surface area contributed by atoms with Crippen molar-refractivity contribution in [1.82, 2.24) is 9.88 Å². The third-order valence-corrected chi connectivity index (χ3v) is 3.24. The Morgan fingerprint density at radius 3 is 2.94 bits per heavy atom. The zero-order chi connectivity index (χ0) is 11.4. The van der Waals surface area contributed by atoms with Crippen LogP contribution in [0.1, 0.15) is 44.8 Å². The number of nitrogens with zero attached hydrogens (tertiary/aromatic N) is 2. The standard InChI is InChI=1S/C14H22N2/c1-12(2)11-16-10-6-4-8-14(16)13-7-3-5-9-15-13/h3,5,7,9,12,14H,4,6,8,10-11H2,1-2H3/t14-/m1/s1. The Balaban J connectivity index is 2.10. The molecule has 1 aromatic heterocycles. The van der Waals surface area contributed by atoms with Crippen LogP contribution in [0.4, 0.5) is 0 Å². The fourth-order valence-corrected chi connectivity index (χ4v) is 2.59. The van der Waals surface area contributed by atoms with Gasteiger partial charge in [-0.15, -0.1) is 0 Å². The molecule has 2 rings (SSSR count). The quantitative estimate of drug-likeness (QED) is 0.774. The number of hydrogen-bond acceptors (Lipinski definition) is 2. The van der Waals surface area contributed by atoms with Crippen LogP contribution in [0, 0.1) is 5.92 Å². The molecule has 2 nitrogen and oxygen atoms in total. The first-order chi connectivity index (χ1) is 7.77. The van der Waals surface area contributed by atoms with Crippen LogP contribution in [0.15, 0.2) is 24.4 Å². The summed E-state index contributed by atoms with van der Waals surface area (Å²) in [4.78, 5) is 7.13. The Bertz CT molecular complexity index is 308. The van der Waals surface area contributed by atoms with Crippen LogP contribution >= 0.6 is 0 Å². The number of aromatic nitrogens is 1. The number of pyridine rings is 1. The zero-order valence-electron chi connectivity index (χ0n) is 10.4. The van der Waals surface area contributed by atoms with Gasteiger partial charge >= 0.3 is 0 Å². The highest BCUT2D eigenvalue weighted by atomic mass is 15.2. The van der Waals surface area contributed by atoms with Gasteiger partial charge in [-0.05, 0) is 37.4 Å². The van der Waals surface area contributed by atoms with Crippen molar-refractivity contribution in [3.05, 3.63) is 30.1 Å². The third-order valence-electron chi connectivity index (χ3n) is 3.24. The van der Waals surface area contributed by atoms with Crippen molar-refractivity contribution < 1.29 is 0 Å². The lowest BCUT2D eigenvalue weighted by atomic mass is 9.97. The van der Waals surface area contributed by atoms with Crippen LogP contribution in [-0.4, -0.2) is 23.0 Å². The van der Waals surface area contributed by atoms with Crippen molar-refractivity contribution >= 4 is 0 Å². The second-order valence-corrected chi connectivity index (χ2v) is 5.15. The monoisotopic (exact) mass is 218 g/mol. The number of piperidine rings is 1. The molecule has 1 aliphatic rings. The van der Waals surface area contributed by atoms with E-state index in [0.29, 0.717) is 6.04 Å². The summed E-state index contributed by atoms with van der Waals surface area (Å²) in [6, 6.07) is 6.82. The van der Waals surface area contributed by atoms with Crippen LogP contribution in [0.3, 0.4) is 0 Å². The summed E-state index contributed by atoms with van der Waals surface area (Å²) in [6.45, 7) is 7.02. The lowest BCUT2D eigenvalue weighted by Crippen LogP contribution is -2.36. The molecule has 0 radical (unpaired) electrons.